The van der Waals surface area contributed by atoms with Crippen LogP contribution in [0.15, 0.2) is 12.4 Å². The molecule has 7 nitrogen and oxygen atoms in total. The lowest BCUT2D eigenvalue weighted by atomic mass is 9.78. The first-order valence-electron chi connectivity index (χ1n) is 8.31. The number of piperazine rings is 1. The summed E-state index contributed by atoms with van der Waals surface area (Å²) < 4.78 is 2.98. The molecular formula is C16H21IN6O. The first-order valence-corrected chi connectivity index (χ1v) is 9.39. The van der Waals surface area contributed by atoms with Gasteiger partial charge in [0, 0.05) is 51.3 Å². The van der Waals surface area contributed by atoms with Gasteiger partial charge >= 0.3 is 0 Å². The van der Waals surface area contributed by atoms with Crippen molar-refractivity contribution in [2.75, 3.05) is 31.9 Å². The zero-order chi connectivity index (χ0) is 16.8. The number of amides is 1. The summed E-state index contributed by atoms with van der Waals surface area (Å²) in [6.07, 6.45) is 6.08. The molecule has 1 amide bonds. The van der Waals surface area contributed by atoms with E-state index in [9.17, 15) is 4.79 Å². The average Bonchev–Trinajstić information content (AvgIpc) is 2.90. The van der Waals surface area contributed by atoms with E-state index in [-0.39, 0.29) is 5.91 Å². The third-order valence-electron chi connectivity index (χ3n) is 5.31. The van der Waals surface area contributed by atoms with Crippen molar-refractivity contribution >= 4 is 39.8 Å². The molecule has 24 heavy (non-hydrogen) atoms. The molecule has 0 radical (unpaired) electrons. The molecule has 3 heterocycles. The van der Waals surface area contributed by atoms with Crippen LogP contribution in [-0.4, -0.2) is 62.3 Å². The van der Waals surface area contributed by atoms with Crippen LogP contribution in [0.3, 0.4) is 0 Å². The van der Waals surface area contributed by atoms with Gasteiger partial charge in [-0.05, 0) is 35.4 Å². The number of rotatable bonds is 2. The van der Waals surface area contributed by atoms with Gasteiger partial charge in [-0.25, -0.2) is 9.97 Å². The van der Waals surface area contributed by atoms with Crippen molar-refractivity contribution in [3.05, 3.63) is 21.9 Å². The quantitative estimate of drug-likeness (QED) is 0.713. The van der Waals surface area contributed by atoms with Gasteiger partial charge in [-0.15, -0.1) is 0 Å². The number of nitrogens with zero attached hydrogens (tertiary/aromatic N) is 5. The van der Waals surface area contributed by atoms with E-state index in [4.69, 9.17) is 5.73 Å². The molecule has 0 unspecified atom stereocenters. The van der Waals surface area contributed by atoms with Gasteiger partial charge in [0.15, 0.2) is 5.82 Å². The minimum absolute atomic E-state index is 0.186. The molecule has 0 aromatic carbocycles. The second-order valence-corrected chi connectivity index (χ2v) is 7.79. The summed E-state index contributed by atoms with van der Waals surface area (Å²) in [6, 6.07) is 0.606. The van der Waals surface area contributed by atoms with Crippen LogP contribution in [-0.2, 0) is 4.79 Å². The highest BCUT2D eigenvalue weighted by atomic mass is 127. The predicted molar refractivity (Wildman–Crippen MR) is 99.7 cm³/mol. The number of hydrogen-bond donors (Lipinski definition) is 1. The number of aromatic nitrogens is 3. The molecule has 2 aromatic rings. The number of fused-ring (bicyclic) bond motifs is 1. The van der Waals surface area contributed by atoms with Crippen LogP contribution in [0.5, 0.6) is 0 Å². The van der Waals surface area contributed by atoms with Crippen molar-refractivity contribution in [1.82, 2.24) is 24.2 Å². The topological polar surface area (TPSA) is 79.8 Å². The molecule has 128 valence electrons. The predicted octanol–water partition coefficient (Wildman–Crippen LogP) is 1.33. The van der Waals surface area contributed by atoms with Crippen molar-refractivity contribution in [3.63, 3.8) is 0 Å². The van der Waals surface area contributed by atoms with Crippen molar-refractivity contribution in [3.8, 4) is 0 Å². The van der Waals surface area contributed by atoms with Gasteiger partial charge < -0.3 is 10.6 Å². The fraction of sp³-hybridized carbons (Fsp3) is 0.562. The summed E-state index contributed by atoms with van der Waals surface area (Å²) in [5, 5.41) is 0. The van der Waals surface area contributed by atoms with E-state index in [0.717, 1.165) is 54.1 Å². The fourth-order valence-corrected chi connectivity index (χ4v) is 4.35. The van der Waals surface area contributed by atoms with Crippen LogP contribution >= 0.6 is 22.6 Å². The number of nitrogen functional groups attached to an aromatic ring is 1. The number of hydrogen-bond acceptors (Lipinski definition) is 5. The van der Waals surface area contributed by atoms with E-state index in [1.165, 1.54) is 0 Å². The smallest absolute Gasteiger partial charge is 0.219 e. The highest BCUT2D eigenvalue weighted by molar-refractivity contribution is 14.1. The Morgan fingerprint density at radius 3 is 2.67 bits per heavy atom. The lowest BCUT2D eigenvalue weighted by Crippen LogP contribution is -2.54. The maximum absolute atomic E-state index is 11.4. The number of halogens is 1. The molecule has 2 aromatic heterocycles. The Balaban J connectivity index is 1.42. The van der Waals surface area contributed by atoms with E-state index in [0.29, 0.717) is 17.8 Å². The molecule has 8 heteroatoms. The molecule has 1 saturated heterocycles. The summed E-state index contributed by atoms with van der Waals surface area (Å²) in [5.41, 5.74) is 6.89. The molecule has 0 bridgehead atoms. The van der Waals surface area contributed by atoms with Gasteiger partial charge in [0.05, 0.1) is 6.20 Å². The highest BCUT2D eigenvalue weighted by Gasteiger charge is 2.38. The van der Waals surface area contributed by atoms with Crippen LogP contribution in [0.4, 0.5) is 5.82 Å². The molecular weight excluding hydrogens is 419 g/mol. The summed E-state index contributed by atoms with van der Waals surface area (Å²) in [4.78, 5) is 24.8. The maximum atomic E-state index is 11.4. The lowest BCUT2D eigenvalue weighted by molar-refractivity contribution is -0.131. The standard InChI is InChI=1S/C16H21IN6O/c1-10(24)21-2-4-22(5-3-21)12-6-11(7-12)16-19-8-13-15(18)20-14(17)9-23(13)16/h8-9,11-12H,2-7H2,1H3,(H2,18,20). The van der Waals surface area contributed by atoms with Gasteiger partial charge in [0.2, 0.25) is 5.91 Å². The zero-order valence-electron chi connectivity index (χ0n) is 13.7. The Labute approximate surface area is 154 Å². The van der Waals surface area contributed by atoms with Crippen LogP contribution in [0.1, 0.15) is 31.5 Å². The fourth-order valence-electron chi connectivity index (χ4n) is 3.81. The number of carbonyl (C=O) groups excluding carboxylic acids is 1. The molecule has 2 aliphatic rings. The summed E-state index contributed by atoms with van der Waals surface area (Å²) in [5.74, 6) is 2.29. The molecule has 4 rings (SSSR count). The minimum atomic E-state index is 0.186. The van der Waals surface area contributed by atoms with E-state index in [2.05, 4.69) is 41.9 Å². The lowest BCUT2D eigenvalue weighted by Gasteiger charge is -2.46. The van der Waals surface area contributed by atoms with Gasteiger partial charge in [-0.1, -0.05) is 0 Å². The normalized spacial score (nSPS) is 25.0. The largest absolute Gasteiger partial charge is 0.382 e. The number of nitrogens with two attached hydrogens (primary N) is 1. The Hall–Kier alpha value is -1.42. The molecule has 1 aliphatic heterocycles. The van der Waals surface area contributed by atoms with Crippen LogP contribution in [0.25, 0.3) is 5.52 Å². The highest BCUT2D eigenvalue weighted by Crippen LogP contribution is 2.40. The Morgan fingerprint density at radius 2 is 2.00 bits per heavy atom. The molecule has 2 N–H and O–H groups in total. The molecule has 0 atom stereocenters. The molecule has 2 fully saturated rings. The first kappa shape index (κ1) is 16.1. The van der Waals surface area contributed by atoms with Crippen LogP contribution < -0.4 is 5.73 Å². The molecule has 1 saturated carbocycles. The van der Waals surface area contributed by atoms with Crippen molar-refractivity contribution < 1.29 is 4.79 Å². The van der Waals surface area contributed by atoms with Crippen molar-refractivity contribution in [2.24, 2.45) is 0 Å². The monoisotopic (exact) mass is 440 g/mol. The van der Waals surface area contributed by atoms with Crippen LogP contribution in [0.2, 0.25) is 0 Å². The third-order valence-corrected chi connectivity index (χ3v) is 5.82. The minimum Gasteiger partial charge on any atom is -0.382 e. The van der Waals surface area contributed by atoms with Gasteiger partial charge in [0.1, 0.15) is 15.0 Å². The number of carbonyl (C=O) groups is 1. The number of imidazole rings is 1. The first-order chi connectivity index (χ1) is 11.5. The summed E-state index contributed by atoms with van der Waals surface area (Å²) >= 11 is 2.19. The van der Waals surface area contributed by atoms with Crippen LogP contribution in [0, 0.1) is 3.70 Å². The molecule has 1 aliphatic carbocycles. The van der Waals surface area contributed by atoms with Gasteiger partial charge in [-0.2, -0.15) is 0 Å². The SMILES string of the molecule is CC(=O)N1CCN(C2CC(c3ncc4c(N)nc(I)cn34)C2)CC1. The van der Waals surface area contributed by atoms with Gasteiger partial charge in [-0.3, -0.25) is 14.1 Å². The second-order valence-electron chi connectivity index (χ2n) is 6.68. The Morgan fingerprint density at radius 1 is 1.29 bits per heavy atom. The second kappa shape index (κ2) is 6.14. The van der Waals surface area contributed by atoms with E-state index in [1.54, 1.807) is 6.92 Å². The summed E-state index contributed by atoms with van der Waals surface area (Å²) in [6.45, 7) is 5.31. The van der Waals surface area contributed by atoms with Crippen molar-refractivity contribution in [2.45, 2.75) is 31.7 Å². The molecule has 0 spiro atoms. The van der Waals surface area contributed by atoms with E-state index in [1.807, 2.05) is 17.3 Å². The zero-order valence-corrected chi connectivity index (χ0v) is 15.8. The number of anilines is 1. The van der Waals surface area contributed by atoms with E-state index >= 15 is 0 Å². The third kappa shape index (κ3) is 2.75. The van der Waals surface area contributed by atoms with Crippen molar-refractivity contribution in [1.29, 1.82) is 0 Å². The van der Waals surface area contributed by atoms with E-state index < -0.39 is 0 Å². The Bertz CT molecular complexity index is 776. The Kier molecular flexibility index (Phi) is 4.11. The average molecular weight is 440 g/mol. The van der Waals surface area contributed by atoms with Gasteiger partial charge in [0.25, 0.3) is 0 Å². The maximum Gasteiger partial charge on any atom is 0.219 e. The summed E-state index contributed by atoms with van der Waals surface area (Å²) in [7, 11) is 0.